The first-order chi connectivity index (χ1) is 8.47. The highest BCUT2D eigenvalue weighted by atomic mass is 16.6. The van der Waals surface area contributed by atoms with Gasteiger partial charge in [0.1, 0.15) is 5.60 Å². The van der Waals surface area contributed by atoms with Crippen molar-refractivity contribution in [2.45, 2.75) is 58.1 Å². The number of rotatable bonds is 1. The monoisotopic (exact) mass is 254 g/mol. The van der Waals surface area contributed by atoms with E-state index in [-0.39, 0.29) is 6.09 Å². The molecule has 2 aliphatic heterocycles. The molecule has 2 rings (SSSR count). The van der Waals surface area contributed by atoms with Crippen LogP contribution in [-0.4, -0.2) is 42.3 Å². The van der Waals surface area contributed by atoms with Crippen molar-refractivity contribution in [3.05, 3.63) is 0 Å². The predicted molar refractivity (Wildman–Crippen MR) is 71.6 cm³/mol. The molecule has 104 valence electrons. The van der Waals surface area contributed by atoms with Crippen LogP contribution in [0.2, 0.25) is 0 Å². The number of hydrogen-bond donors (Lipinski definition) is 1. The standard InChI is InChI=1S/C14H26N2O2/c1-14(2,3)18-13(17)16-10-4-5-12(16)11-6-8-15-9-7-11/h11-12,15H,4-10H2,1-3H3/t12-/m0/s1. The van der Waals surface area contributed by atoms with Gasteiger partial charge in [-0.3, -0.25) is 0 Å². The molecule has 2 saturated heterocycles. The Bertz CT molecular complexity index is 293. The van der Waals surface area contributed by atoms with Gasteiger partial charge in [0.05, 0.1) is 0 Å². The molecule has 0 radical (unpaired) electrons. The van der Waals surface area contributed by atoms with E-state index in [2.05, 4.69) is 5.32 Å². The van der Waals surface area contributed by atoms with E-state index in [0.29, 0.717) is 12.0 Å². The van der Waals surface area contributed by atoms with Crippen LogP contribution in [0.25, 0.3) is 0 Å². The molecule has 2 aliphatic rings. The van der Waals surface area contributed by atoms with Crippen LogP contribution in [0.4, 0.5) is 4.79 Å². The molecule has 1 amide bonds. The lowest BCUT2D eigenvalue weighted by Gasteiger charge is -2.35. The summed E-state index contributed by atoms with van der Waals surface area (Å²) in [6.07, 6.45) is 4.51. The number of nitrogens with zero attached hydrogens (tertiary/aromatic N) is 1. The van der Waals surface area contributed by atoms with Crippen LogP contribution in [0.1, 0.15) is 46.5 Å². The molecule has 0 saturated carbocycles. The van der Waals surface area contributed by atoms with Crippen LogP contribution in [0.5, 0.6) is 0 Å². The molecule has 0 unspecified atom stereocenters. The predicted octanol–water partition coefficient (Wildman–Crippen LogP) is 2.39. The van der Waals surface area contributed by atoms with Crippen LogP contribution in [0.15, 0.2) is 0 Å². The number of amides is 1. The maximum absolute atomic E-state index is 12.2. The van der Waals surface area contributed by atoms with Gasteiger partial charge in [0.15, 0.2) is 0 Å². The highest BCUT2D eigenvalue weighted by molar-refractivity contribution is 5.69. The van der Waals surface area contributed by atoms with Crippen molar-refractivity contribution in [1.82, 2.24) is 10.2 Å². The molecule has 0 aromatic rings. The lowest BCUT2D eigenvalue weighted by atomic mass is 9.89. The summed E-state index contributed by atoms with van der Waals surface area (Å²) in [6, 6.07) is 0.405. The first-order valence-corrected chi connectivity index (χ1v) is 7.18. The van der Waals surface area contributed by atoms with E-state index in [9.17, 15) is 4.79 Å². The molecule has 0 aromatic carbocycles. The molecule has 0 spiro atoms. The summed E-state index contributed by atoms with van der Waals surface area (Å²) in [7, 11) is 0. The molecule has 0 aromatic heterocycles. The average Bonchev–Trinajstić information content (AvgIpc) is 2.76. The normalized spacial score (nSPS) is 26.4. The summed E-state index contributed by atoms with van der Waals surface area (Å²) >= 11 is 0. The number of carbonyl (C=O) groups excluding carboxylic acids is 1. The maximum atomic E-state index is 12.2. The van der Waals surface area contributed by atoms with Gasteiger partial charge in [-0.2, -0.15) is 0 Å². The largest absolute Gasteiger partial charge is 0.444 e. The van der Waals surface area contributed by atoms with E-state index in [1.807, 2.05) is 25.7 Å². The van der Waals surface area contributed by atoms with Crippen LogP contribution in [-0.2, 0) is 4.74 Å². The Morgan fingerprint density at radius 1 is 1.22 bits per heavy atom. The first-order valence-electron chi connectivity index (χ1n) is 7.18. The molecular weight excluding hydrogens is 228 g/mol. The zero-order valence-corrected chi connectivity index (χ0v) is 11.9. The summed E-state index contributed by atoms with van der Waals surface area (Å²) in [5.41, 5.74) is -0.391. The Morgan fingerprint density at radius 3 is 2.50 bits per heavy atom. The van der Waals surface area contributed by atoms with Gasteiger partial charge >= 0.3 is 6.09 Å². The quantitative estimate of drug-likeness (QED) is 0.781. The average molecular weight is 254 g/mol. The molecular formula is C14H26N2O2. The molecule has 1 N–H and O–H groups in total. The Morgan fingerprint density at radius 2 is 1.89 bits per heavy atom. The zero-order chi connectivity index (χ0) is 13.2. The molecule has 4 heteroatoms. The summed E-state index contributed by atoms with van der Waals surface area (Å²) in [5, 5.41) is 3.39. The number of likely N-dealkylation sites (tertiary alicyclic amines) is 1. The number of piperidine rings is 1. The molecule has 1 atom stereocenters. The third kappa shape index (κ3) is 3.37. The van der Waals surface area contributed by atoms with Gasteiger partial charge in [-0.25, -0.2) is 4.79 Å². The molecule has 0 aliphatic carbocycles. The summed E-state index contributed by atoms with van der Waals surface area (Å²) in [5.74, 6) is 0.654. The topological polar surface area (TPSA) is 41.6 Å². The van der Waals surface area contributed by atoms with Crippen LogP contribution >= 0.6 is 0 Å². The third-order valence-electron chi connectivity index (χ3n) is 3.86. The summed E-state index contributed by atoms with van der Waals surface area (Å²) in [4.78, 5) is 14.2. The van der Waals surface area contributed by atoms with Crippen LogP contribution in [0, 0.1) is 5.92 Å². The van der Waals surface area contributed by atoms with Crippen molar-refractivity contribution < 1.29 is 9.53 Å². The van der Waals surface area contributed by atoms with E-state index < -0.39 is 5.60 Å². The number of nitrogens with one attached hydrogen (secondary N) is 1. The number of hydrogen-bond acceptors (Lipinski definition) is 3. The van der Waals surface area contributed by atoms with E-state index >= 15 is 0 Å². The van der Waals surface area contributed by atoms with Crippen molar-refractivity contribution in [3.8, 4) is 0 Å². The second kappa shape index (κ2) is 5.47. The van der Waals surface area contributed by atoms with Crippen molar-refractivity contribution in [2.75, 3.05) is 19.6 Å². The highest BCUT2D eigenvalue weighted by Crippen LogP contribution is 2.30. The van der Waals surface area contributed by atoms with Crippen molar-refractivity contribution in [3.63, 3.8) is 0 Å². The fraction of sp³-hybridized carbons (Fsp3) is 0.929. The second-order valence-corrected chi connectivity index (χ2v) is 6.47. The fourth-order valence-corrected chi connectivity index (χ4v) is 3.06. The minimum absolute atomic E-state index is 0.122. The fourth-order valence-electron chi connectivity index (χ4n) is 3.06. The second-order valence-electron chi connectivity index (χ2n) is 6.47. The van der Waals surface area contributed by atoms with Gasteiger partial charge in [0.25, 0.3) is 0 Å². The van der Waals surface area contributed by atoms with Gasteiger partial charge in [-0.05, 0) is 65.5 Å². The first kappa shape index (κ1) is 13.7. The molecule has 4 nitrogen and oxygen atoms in total. The summed E-state index contributed by atoms with van der Waals surface area (Å²) in [6.45, 7) is 8.83. The minimum atomic E-state index is -0.391. The van der Waals surface area contributed by atoms with Gasteiger partial charge in [0.2, 0.25) is 0 Å². The van der Waals surface area contributed by atoms with Gasteiger partial charge in [-0.15, -0.1) is 0 Å². The van der Waals surface area contributed by atoms with E-state index in [4.69, 9.17) is 4.74 Å². The molecule has 0 bridgehead atoms. The van der Waals surface area contributed by atoms with Gasteiger partial charge < -0.3 is 15.0 Å². The Kier molecular flexibility index (Phi) is 4.15. The van der Waals surface area contributed by atoms with Gasteiger partial charge in [0, 0.05) is 12.6 Å². The molecule has 2 fully saturated rings. The zero-order valence-electron chi connectivity index (χ0n) is 11.9. The van der Waals surface area contributed by atoms with E-state index in [1.54, 1.807) is 0 Å². The molecule has 18 heavy (non-hydrogen) atoms. The Labute approximate surface area is 110 Å². The lowest BCUT2D eigenvalue weighted by Crippen LogP contribution is -2.45. The maximum Gasteiger partial charge on any atom is 0.410 e. The number of carbonyl (C=O) groups is 1. The smallest absolute Gasteiger partial charge is 0.410 e. The lowest BCUT2D eigenvalue weighted by molar-refractivity contribution is 0.0160. The van der Waals surface area contributed by atoms with Crippen LogP contribution < -0.4 is 5.32 Å². The number of ether oxygens (including phenoxy) is 1. The molecule has 2 heterocycles. The Hall–Kier alpha value is -0.770. The van der Waals surface area contributed by atoms with Crippen LogP contribution in [0.3, 0.4) is 0 Å². The van der Waals surface area contributed by atoms with Crippen molar-refractivity contribution in [2.24, 2.45) is 5.92 Å². The van der Waals surface area contributed by atoms with Gasteiger partial charge in [-0.1, -0.05) is 0 Å². The highest BCUT2D eigenvalue weighted by Gasteiger charge is 2.37. The van der Waals surface area contributed by atoms with Crippen molar-refractivity contribution >= 4 is 6.09 Å². The third-order valence-corrected chi connectivity index (χ3v) is 3.86. The Balaban J connectivity index is 1.96. The van der Waals surface area contributed by atoms with E-state index in [1.165, 1.54) is 12.8 Å². The minimum Gasteiger partial charge on any atom is -0.444 e. The van der Waals surface area contributed by atoms with E-state index in [0.717, 1.165) is 32.5 Å². The van der Waals surface area contributed by atoms with Crippen molar-refractivity contribution in [1.29, 1.82) is 0 Å². The summed E-state index contributed by atoms with van der Waals surface area (Å²) < 4.78 is 5.51. The SMILES string of the molecule is CC(C)(C)OC(=O)N1CCC[C@H]1C1CCNCC1.